The second kappa shape index (κ2) is 6.95. The summed E-state index contributed by atoms with van der Waals surface area (Å²) in [4.78, 5) is 45.9. The highest BCUT2D eigenvalue weighted by Crippen LogP contribution is 2.17. The first kappa shape index (κ1) is 16.0. The summed E-state index contributed by atoms with van der Waals surface area (Å²) >= 11 is 0. The molecule has 0 heterocycles. The van der Waals surface area contributed by atoms with Gasteiger partial charge in [0.2, 0.25) is 0 Å². The molecular formula is C15H12O6. The van der Waals surface area contributed by atoms with Gasteiger partial charge in [-0.25, -0.2) is 19.2 Å². The summed E-state index contributed by atoms with van der Waals surface area (Å²) in [7, 11) is 0. The molecule has 0 aromatic heterocycles. The molecule has 0 saturated heterocycles. The monoisotopic (exact) mass is 288 g/mol. The van der Waals surface area contributed by atoms with Crippen LogP contribution in [0, 0.1) is 6.92 Å². The molecule has 1 rings (SSSR count). The van der Waals surface area contributed by atoms with E-state index in [-0.39, 0.29) is 11.1 Å². The minimum absolute atomic E-state index is 0.158. The maximum atomic E-state index is 11.9. The van der Waals surface area contributed by atoms with Gasteiger partial charge in [-0.05, 0) is 18.6 Å². The van der Waals surface area contributed by atoms with E-state index < -0.39 is 23.9 Å². The molecular weight excluding hydrogens is 276 g/mol. The fourth-order valence-corrected chi connectivity index (χ4v) is 1.48. The third-order valence-corrected chi connectivity index (χ3v) is 2.42. The molecule has 0 spiro atoms. The van der Waals surface area contributed by atoms with Crippen molar-refractivity contribution in [1.29, 1.82) is 0 Å². The van der Waals surface area contributed by atoms with E-state index in [9.17, 15) is 19.2 Å². The van der Waals surface area contributed by atoms with Gasteiger partial charge in [-0.2, -0.15) is 0 Å². The number of hydrogen-bond donors (Lipinski definition) is 0. The summed E-state index contributed by atoms with van der Waals surface area (Å²) in [5.41, 5.74) is 0.0407. The van der Waals surface area contributed by atoms with E-state index in [0.29, 0.717) is 5.56 Å². The lowest BCUT2D eigenvalue weighted by Gasteiger charge is -2.09. The number of ether oxygens (including phenoxy) is 2. The molecule has 1 aromatic carbocycles. The summed E-state index contributed by atoms with van der Waals surface area (Å²) < 4.78 is 8.93. The fourth-order valence-electron chi connectivity index (χ4n) is 1.48. The minimum Gasteiger partial charge on any atom is -0.386 e. The van der Waals surface area contributed by atoms with Crippen LogP contribution in [-0.4, -0.2) is 23.9 Å². The second-order valence-corrected chi connectivity index (χ2v) is 3.82. The molecule has 0 aliphatic carbocycles. The van der Waals surface area contributed by atoms with E-state index in [2.05, 4.69) is 22.6 Å². The summed E-state index contributed by atoms with van der Waals surface area (Å²) in [6.45, 7) is 7.87. The summed E-state index contributed by atoms with van der Waals surface area (Å²) in [5.74, 6) is -3.98. The Morgan fingerprint density at radius 3 is 2.00 bits per heavy atom. The number of rotatable bonds is 4. The van der Waals surface area contributed by atoms with Crippen molar-refractivity contribution in [1.82, 2.24) is 0 Å². The number of esters is 4. The van der Waals surface area contributed by atoms with Gasteiger partial charge in [0.05, 0.1) is 11.1 Å². The summed E-state index contributed by atoms with van der Waals surface area (Å²) in [5, 5.41) is 0. The van der Waals surface area contributed by atoms with Crippen LogP contribution in [0.15, 0.2) is 43.5 Å². The van der Waals surface area contributed by atoms with Crippen molar-refractivity contribution in [2.24, 2.45) is 0 Å². The van der Waals surface area contributed by atoms with Crippen molar-refractivity contribution in [3.63, 3.8) is 0 Å². The molecule has 1 aromatic rings. The van der Waals surface area contributed by atoms with Crippen LogP contribution in [0.2, 0.25) is 0 Å². The molecule has 0 radical (unpaired) electrons. The third kappa shape index (κ3) is 3.97. The van der Waals surface area contributed by atoms with E-state index in [1.54, 1.807) is 13.0 Å². The molecule has 0 unspecified atom stereocenters. The smallest absolute Gasteiger partial charge is 0.347 e. The van der Waals surface area contributed by atoms with Crippen molar-refractivity contribution in [2.75, 3.05) is 0 Å². The largest absolute Gasteiger partial charge is 0.386 e. The molecule has 0 fully saturated rings. The average molecular weight is 288 g/mol. The zero-order valence-corrected chi connectivity index (χ0v) is 11.3. The molecule has 0 aliphatic heterocycles. The van der Waals surface area contributed by atoms with E-state index >= 15 is 0 Å². The quantitative estimate of drug-likeness (QED) is 0.476. The first-order chi connectivity index (χ1) is 9.90. The zero-order chi connectivity index (χ0) is 16.0. The minimum atomic E-state index is -1.04. The van der Waals surface area contributed by atoms with E-state index in [1.807, 2.05) is 0 Å². The molecule has 6 nitrogen and oxygen atoms in total. The van der Waals surface area contributed by atoms with Crippen LogP contribution in [0.25, 0.3) is 0 Å². The maximum Gasteiger partial charge on any atom is 0.347 e. The normalized spacial score (nSPS) is 9.38. The Morgan fingerprint density at radius 1 is 0.952 bits per heavy atom. The Kier molecular flexibility index (Phi) is 5.31. The predicted molar refractivity (Wildman–Crippen MR) is 72.4 cm³/mol. The van der Waals surface area contributed by atoms with Crippen LogP contribution in [-0.2, 0) is 19.1 Å². The summed E-state index contributed by atoms with van der Waals surface area (Å²) in [6.07, 6.45) is 1.63. The molecule has 0 atom stereocenters. The lowest BCUT2D eigenvalue weighted by atomic mass is 10.0. The third-order valence-electron chi connectivity index (χ3n) is 2.42. The molecule has 21 heavy (non-hydrogen) atoms. The summed E-state index contributed by atoms with van der Waals surface area (Å²) in [6, 6.07) is 4.32. The highest BCUT2D eigenvalue weighted by atomic mass is 16.6. The van der Waals surface area contributed by atoms with Gasteiger partial charge in [0.25, 0.3) is 0 Å². The fraction of sp³-hybridized carbons (Fsp3) is 0.0667. The standard InChI is InChI=1S/C15H12O6/c1-4-11(16)20-14(18)10-8-6-7-9(3)13(10)15(19)21-12(17)5-2/h4-8H,1-2H2,3H3. The van der Waals surface area contributed by atoms with Crippen LogP contribution < -0.4 is 0 Å². The van der Waals surface area contributed by atoms with E-state index in [1.165, 1.54) is 12.1 Å². The first-order valence-electron chi connectivity index (χ1n) is 5.77. The van der Waals surface area contributed by atoms with Crippen LogP contribution in [0.5, 0.6) is 0 Å². The van der Waals surface area contributed by atoms with Gasteiger partial charge in [0.15, 0.2) is 0 Å². The topological polar surface area (TPSA) is 86.7 Å². The molecule has 0 N–H and O–H groups in total. The number of benzene rings is 1. The van der Waals surface area contributed by atoms with Gasteiger partial charge in [0, 0.05) is 12.2 Å². The van der Waals surface area contributed by atoms with Crippen molar-refractivity contribution in [3.8, 4) is 0 Å². The Bertz CT molecular complexity index is 642. The van der Waals surface area contributed by atoms with Crippen LogP contribution in [0.4, 0.5) is 0 Å². The van der Waals surface area contributed by atoms with Crippen molar-refractivity contribution < 1.29 is 28.7 Å². The average Bonchev–Trinajstić information content (AvgIpc) is 2.46. The Labute approximate surface area is 120 Å². The van der Waals surface area contributed by atoms with Crippen LogP contribution >= 0.6 is 0 Å². The van der Waals surface area contributed by atoms with Crippen LogP contribution in [0.1, 0.15) is 26.3 Å². The highest BCUT2D eigenvalue weighted by molar-refractivity contribution is 6.10. The van der Waals surface area contributed by atoms with E-state index in [0.717, 1.165) is 12.2 Å². The second-order valence-electron chi connectivity index (χ2n) is 3.82. The molecule has 0 amide bonds. The van der Waals surface area contributed by atoms with Gasteiger partial charge in [-0.3, -0.25) is 0 Å². The SMILES string of the molecule is C=CC(=O)OC(=O)c1cccc(C)c1C(=O)OC(=O)C=C. The number of carbonyl (C=O) groups is 4. The maximum absolute atomic E-state index is 11.9. The molecule has 0 bridgehead atoms. The molecule has 6 heteroatoms. The first-order valence-corrected chi connectivity index (χ1v) is 5.77. The van der Waals surface area contributed by atoms with Crippen molar-refractivity contribution in [3.05, 3.63) is 60.2 Å². The Balaban J connectivity index is 3.19. The number of carbonyl (C=O) groups excluding carboxylic acids is 4. The zero-order valence-electron chi connectivity index (χ0n) is 11.3. The molecule has 108 valence electrons. The Hall–Kier alpha value is -3.02. The van der Waals surface area contributed by atoms with Gasteiger partial charge in [-0.15, -0.1) is 0 Å². The van der Waals surface area contributed by atoms with Gasteiger partial charge < -0.3 is 9.47 Å². The van der Waals surface area contributed by atoms with Crippen molar-refractivity contribution >= 4 is 23.9 Å². The number of aryl methyl sites for hydroxylation is 1. The van der Waals surface area contributed by atoms with Gasteiger partial charge >= 0.3 is 23.9 Å². The van der Waals surface area contributed by atoms with Gasteiger partial charge in [-0.1, -0.05) is 25.3 Å². The lowest BCUT2D eigenvalue weighted by Crippen LogP contribution is -2.19. The van der Waals surface area contributed by atoms with Crippen LogP contribution in [0.3, 0.4) is 0 Å². The number of hydrogen-bond acceptors (Lipinski definition) is 6. The lowest BCUT2D eigenvalue weighted by molar-refractivity contribution is -0.133. The highest BCUT2D eigenvalue weighted by Gasteiger charge is 2.23. The molecule has 0 saturated carbocycles. The molecule has 0 aliphatic rings. The van der Waals surface area contributed by atoms with Gasteiger partial charge in [0.1, 0.15) is 0 Å². The van der Waals surface area contributed by atoms with E-state index in [4.69, 9.17) is 0 Å². The van der Waals surface area contributed by atoms with Crippen molar-refractivity contribution in [2.45, 2.75) is 6.92 Å². The Morgan fingerprint density at radius 2 is 1.48 bits per heavy atom. The predicted octanol–water partition coefficient (Wildman–Crippen LogP) is 1.73.